The van der Waals surface area contributed by atoms with E-state index in [-0.39, 0.29) is 36.4 Å². The zero-order valence-corrected chi connectivity index (χ0v) is 22.4. The fourth-order valence-electron chi connectivity index (χ4n) is 4.11. The van der Waals surface area contributed by atoms with Gasteiger partial charge in [0.15, 0.2) is 0 Å². The van der Waals surface area contributed by atoms with Crippen molar-refractivity contribution in [2.24, 2.45) is 0 Å². The van der Waals surface area contributed by atoms with Crippen LogP contribution in [0, 0.1) is 0 Å². The SMILES string of the molecule is CN(C)c1cc(Oc2ccc3c(c2)C[C@@H](NC[C@H](O)c2ccc(Cl)nc2)CC3)cc(C(=O)O)c1.Cl.Cl. The van der Waals surface area contributed by atoms with Crippen LogP contribution in [-0.2, 0) is 12.8 Å². The average Bonchev–Trinajstić information content (AvgIpc) is 2.82. The Morgan fingerprint density at radius 2 is 1.92 bits per heavy atom. The number of aromatic nitrogens is 1. The van der Waals surface area contributed by atoms with Gasteiger partial charge in [-0.2, -0.15) is 0 Å². The Morgan fingerprint density at radius 1 is 1.14 bits per heavy atom. The molecule has 194 valence electrons. The molecule has 0 saturated heterocycles. The number of hydrogen-bond acceptors (Lipinski definition) is 6. The van der Waals surface area contributed by atoms with E-state index in [0.717, 1.165) is 30.5 Å². The number of anilines is 1. The maximum atomic E-state index is 11.5. The number of carboxylic acid groups (broad SMARTS) is 1. The van der Waals surface area contributed by atoms with Crippen LogP contribution >= 0.6 is 36.4 Å². The van der Waals surface area contributed by atoms with Gasteiger partial charge in [-0.05, 0) is 60.7 Å². The molecule has 7 nitrogen and oxygen atoms in total. The van der Waals surface area contributed by atoms with Gasteiger partial charge in [0.1, 0.15) is 16.7 Å². The summed E-state index contributed by atoms with van der Waals surface area (Å²) in [5.74, 6) is 0.150. The van der Waals surface area contributed by atoms with Crippen LogP contribution in [0.3, 0.4) is 0 Å². The maximum Gasteiger partial charge on any atom is 0.335 e. The van der Waals surface area contributed by atoms with Crippen LogP contribution in [0.15, 0.2) is 54.7 Å². The maximum absolute atomic E-state index is 11.5. The molecule has 4 rings (SSSR count). The summed E-state index contributed by atoms with van der Waals surface area (Å²) in [5, 5.41) is 23.8. The molecule has 0 radical (unpaired) electrons. The van der Waals surface area contributed by atoms with E-state index in [1.165, 1.54) is 17.2 Å². The summed E-state index contributed by atoms with van der Waals surface area (Å²) >= 11 is 5.82. The minimum Gasteiger partial charge on any atom is -0.478 e. The Kier molecular flexibility index (Phi) is 10.8. The van der Waals surface area contributed by atoms with E-state index in [4.69, 9.17) is 16.3 Å². The topological polar surface area (TPSA) is 94.9 Å². The Hall–Kier alpha value is -2.55. The molecule has 0 amide bonds. The molecule has 2 aromatic carbocycles. The summed E-state index contributed by atoms with van der Waals surface area (Å²) < 4.78 is 6.06. The Morgan fingerprint density at radius 3 is 2.58 bits per heavy atom. The molecule has 1 aliphatic rings. The molecule has 1 heterocycles. The number of aliphatic hydroxyl groups excluding tert-OH is 1. The van der Waals surface area contributed by atoms with Crippen molar-refractivity contribution < 1.29 is 19.7 Å². The van der Waals surface area contributed by atoms with Gasteiger partial charge >= 0.3 is 5.97 Å². The third-order valence-corrected chi connectivity index (χ3v) is 6.26. The molecule has 2 atom stereocenters. The minimum atomic E-state index is -0.996. The number of carbonyl (C=O) groups is 1. The number of aryl methyl sites for hydroxylation is 1. The monoisotopic (exact) mass is 553 g/mol. The smallest absolute Gasteiger partial charge is 0.335 e. The Labute approximate surface area is 228 Å². The van der Waals surface area contributed by atoms with E-state index in [1.54, 1.807) is 24.4 Å². The molecule has 1 aromatic heterocycles. The first-order valence-electron chi connectivity index (χ1n) is 11.2. The number of aromatic carboxylic acids is 1. The molecule has 36 heavy (non-hydrogen) atoms. The normalized spacial score (nSPS) is 15.1. The standard InChI is InChI=1S/C26H28ClN3O4.2ClH/c1-30(2)21-10-19(26(32)33)12-23(13-21)34-22-7-4-16-3-6-20(9-18(16)11-22)28-15-24(31)17-5-8-25(27)29-14-17;;/h4-5,7-8,10-14,20,24,28,31H,3,6,9,15H2,1-2H3,(H,32,33);2*1H/t20-,24-;;/m0../s1. The number of pyridine rings is 1. The lowest BCUT2D eigenvalue weighted by molar-refractivity contribution is 0.0696. The predicted octanol–water partition coefficient (Wildman–Crippen LogP) is 5.32. The highest BCUT2D eigenvalue weighted by molar-refractivity contribution is 6.29. The molecule has 0 bridgehead atoms. The highest BCUT2D eigenvalue weighted by atomic mass is 35.5. The number of nitrogens with zero attached hydrogens (tertiary/aromatic N) is 2. The van der Waals surface area contributed by atoms with Crippen molar-refractivity contribution in [2.45, 2.75) is 31.4 Å². The van der Waals surface area contributed by atoms with Crippen LogP contribution in [0.25, 0.3) is 0 Å². The summed E-state index contributed by atoms with van der Waals surface area (Å²) in [6, 6.07) is 14.7. The van der Waals surface area contributed by atoms with Crippen molar-refractivity contribution >= 4 is 48.1 Å². The van der Waals surface area contributed by atoms with Crippen molar-refractivity contribution in [3.63, 3.8) is 0 Å². The van der Waals surface area contributed by atoms with Crippen LogP contribution in [0.2, 0.25) is 5.15 Å². The summed E-state index contributed by atoms with van der Waals surface area (Å²) in [7, 11) is 3.72. The van der Waals surface area contributed by atoms with E-state index in [0.29, 0.717) is 23.2 Å². The summed E-state index contributed by atoms with van der Waals surface area (Å²) in [6.45, 7) is 0.425. The van der Waals surface area contributed by atoms with Gasteiger partial charge in [0.2, 0.25) is 0 Å². The van der Waals surface area contributed by atoms with Crippen LogP contribution in [-0.4, -0.2) is 47.8 Å². The fourth-order valence-corrected chi connectivity index (χ4v) is 4.22. The number of benzene rings is 2. The van der Waals surface area contributed by atoms with Gasteiger partial charge in [-0.15, -0.1) is 24.8 Å². The van der Waals surface area contributed by atoms with Crippen molar-refractivity contribution in [3.8, 4) is 11.5 Å². The molecule has 0 unspecified atom stereocenters. The molecular weight excluding hydrogens is 525 g/mol. The third kappa shape index (κ3) is 7.48. The van der Waals surface area contributed by atoms with Crippen molar-refractivity contribution in [1.29, 1.82) is 0 Å². The quantitative estimate of drug-likeness (QED) is 0.325. The Bertz CT molecular complexity index is 1180. The zero-order chi connectivity index (χ0) is 24.2. The van der Waals surface area contributed by atoms with Crippen LogP contribution in [0.5, 0.6) is 11.5 Å². The van der Waals surface area contributed by atoms with Gasteiger partial charge in [0, 0.05) is 50.2 Å². The lowest BCUT2D eigenvalue weighted by Gasteiger charge is -2.27. The van der Waals surface area contributed by atoms with Gasteiger partial charge in [0.05, 0.1) is 11.7 Å². The molecular formula is C26H30Cl3N3O4. The molecule has 10 heteroatoms. The van der Waals surface area contributed by atoms with Gasteiger partial charge in [0.25, 0.3) is 0 Å². The molecule has 0 aliphatic heterocycles. The molecule has 0 spiro atoms. The first-order chi connectivity index (χ1) is 16.3. The zero-order valence-electron chi connectivity index (χ0n) is 20.0. The van der Waals surface area contributed by atoms with Crippen LogP contribution in [0.4, 0.5) is 5.69 Å². The molecule has 0 fully saturated rings. The van der Waals surface area contributed by atoms with Gasteiger partial charge < -0.3 is 25.2 Å². The number of carboxylic acids is 1. The molecule has 0 saturated carbocycles. The van der Waals surface area contributed by atoms with Gasteiger partial charge in [-0.25, -0.2) is 9.78 Å². The van der Waals surface area contributed by atoms with E-state index in [9.17, 15) is 15.0 Å². The lowest BCUT2D eigenvalue weighted by atomic mass is 9.88. The number of aliphatic hydroxyl groups is 1. The van der Waals surface area contributed by atoms with Crippen molar-refractivity contribution in [1.82, 2.24) is 10.3 Å². The second kappa shape index (κ2) is 13.1. The lowest BCUT2D eigenvalue weighted by Crippen LogP contribution is -2.37. The van der Waals surface area contributed by atoms with E-state index < -0.39 is 12.1 Å². The van der Waals surface area contributed by atoms with Crippen LogP contribution < -0.4 is 15.0 Å². The molecule has 3 N–H and O–H groups in total. The number of rotatable bonds is 8. The average molecular weight is 555 g/mol. The van der Waals surface area contributed by atoms with Crippen molar-refractivity contribution in [2.75, 3.05) is 25.5 Å². The van der Waals surface area contributed by atoms with E-state index in [1.807, 2.05) is 37.2 Å². The number of nitrogens with one attached hydrogen (secondary N) is 1. The van der Waals surface area contributed by atoms with E-state index >= 15 is 0 Å². The Balaban J connectivity index is 0.00000228. The number of halogens is 3. The highest BCUT2D eigenvalue weighted by Gasteiger charge is 2.20. The summed E-state index contributed by atoms with van der Waals surface area (Å²) in [5.41, 5.74) is 4.13. The number of ether oxygens (including phenoxy) is 1. The van der Waals surface area contributed by atoms with Crippen LogP contribution in [0.1, 0.15) is 39.6 Å². The second-order valence-corrected chi connectivity index (χ2v) is 9.11. The third-order valence-electron chi connectivity index (χ3n) is 6.03. The van der Waals surface area contributed by atoms with Gasteiger partial charge in [-0.1, -0.05) is 23.7 Å². The first kappa shape index (κ1) is 29.7. The predicted molar refractivity (Wildman–Crippen MR) is 147 cm³/mol. The first-order valence-corrected chi connectivity index (χ1v) is 11.5. The van der Waals surface area contributed by atoms with Gasteiger partial charge in [-0.3, -0.25) is 0 Å². The van der Waals surface area contributed by atoms with E-state index in [2.05, 4.69) is 16.4 Å². The number of hydrogen-bond donors (Lipinski definition) is 3. The summed E-state index contributed by atoms with van der Waals surface area (Å²) in [6.07, 6.45) is 3.66. The molecule has 3 aromatic rings. The summed E-state index contributed by atoms with van der Waals surface area (Å²) in [4.78, 5) is 17.4. The van der Waals surface area contributed by atoms with Crippen molar-refractivity contribution in [3.05, 3.63) is 82.1 Å². The number of fused-ring (bicyclic) bond motifs is 1. The molecule has 1 aliphatic carbocycles. The second-order valence-electron chi connectivity index (χ2n) is 8.73. The fraction of sp³-hybridized carbons (Fsp3) is 0.308. The highest BCUT2D eigenvalue weighted by Crippen LogP contribution is 2.31. The minimum absolute atomic E-state index is 0. The largest absolute Gasteiger partial charge is 0.478 e.